The van der Waals surface area contributed by atoms with Crippen molar-refractivity contribution in [1.29, 1.82) is 0 Å². The van der Waals surface area contributed by atoms with E-state index in [4.69, 9.17) is 4.43 Å². The van der Waals surface area contributed by atoms with Gasteiger partial charge in [-0.3, -0.25) is 0 Å². The summed E-state index contributed by atoms with van der Waals surface area (Å²) in [6, 6.07) is 10.3. The quantitative estimate of drug-likeness (QED) is 0.491. The van der Waals surface area contributed by atoms with Gasteiger partial charge < -0.3 is 4.43 Å². The van der Waals surface area contributed by atoms with Crippen LogP contribution in [0.25, 0.3) is 0 Å². The second-order valence-electron chi connectivity index (χ2n) is 2.33. The van der Waals surface area contributed by atoms with E-state index in [2.05, 4.69) is 18.7 Å². The van der Waals surface area contributed by atoms with Gasteiger partial charge in [-0.15, -0.1) is 6.58 Å². The SMILES string of the molecule is C=CC.CO[SiH2]c1ccccc1. The average molecular weight is 180 g/mol. The lowest BCUT2D eigenvalue weighted by molar-refractivity contribution is 0.450. The fraction of sp³-hybridized carbons (Fsp3) is 0.200. The fourth-order valence-corrected chi connectivity index (χ4v) is 1.54. The number of hydrogen-bond donors (Lipinski definition) is 0. The topological polar surface area (TPSA) is 9.23 Å². The van der Waals surface area contributed by atoms with Gasteiger partial charge in [0.15, 0.2) is 9.76 Å². The zero-order valence-corrected chi connectivity index (χ0v) is 9.20. The van der Waals surface area contributed by atoms with Gasteiger partial charge in [0.1, 0.15) is 0 Å². The summed E-state index contributed by atoms with van der Waals surface area (Å²) in [7, 11) is 1.36. The van der Waals surface area contributed by atoms with Crippen molar-refractivity contribution in [2.24, 2.45) is 0 Å². The molecule has 12 heavy (non-hydrogen) atoms. The van der Waals surface area contributed by atoms with Gasteiger partial charge in [-0.25, -0.2) is 0 Å². The molecule has 1 nitrogen and oxygen atoms in total. The Hall–Kier alpha value is -0.863. The summed E-state index contributed by atoms with van der Waals surface area (Å²) < 4.78 is 5.07. The van der Waals surface area contributed by atoms with Crippen LogP contribution in [-0.4, -0.2) is 16.9 Å². The number of rotatable bonds is 2. The van der Waals surface area contributed by atoms with Crippen LogP contribution in [0, 0.1) is 0 Å². The molecule has 0 saturated carbocycles. The maximum atomic E-state index is 5.07. The zero-order valence-electron chi connectivity index (χ0n) is 7.79. The molecule has 0 heterocycles. The molecule has 0 radical (unpaired) electrons. The Morgan fingerprint density at radius 2 is 1.83 bits per heavy atom. The molecular formula is C10H16OSi. The van der Waals surface area contributed by atoms with E-state index in [1.807, 2.05) is 25.1 Å². The van der Waals surface area contributed by atoms with Crippen molar-refractivity contribution in [2.75, 3.05) is 7.11 Å². The van der Waals surface area contributed by atoms with E-state index in [9.17, 15) is 0 Å². The van der Waals surface area contributed by atoms with E-state index in [-0.39, 0.29) is 0 Å². The standard InChI is InChI=1S/C7H10OSi.C3H6/c1-8-9-7-5-3-2-4-6-7;1-3-2/h2-6H,9H2,1H3;3H,1H2,2H3. The molecule has 1 aromatic carbocycles. The maximum absolute atomic E-state index is 5.07. The van der Waals surface area contributed by atoms with Crippen molar-refractivity contribution in [1.82, 2.24) is 0 Å². The van der Waals surface area contributed by atoms with Crippen LogP contribution >= 0.6 is 0 Å². The van der Waals surface area contributed by atoms with Crippen LogP contribution in [0.1, 0.15) is 6.92 Å². The monoisotopic (exact) mass is 180 g/mol. The van der Waals surface area contributed by atoms with Gasteiger partial charge in [0.05, 0.1) is 0 Å². The summed E-state index contributed by atoms with van der Waals surface area (Å²) in [4.78, 5) is 0. The van der Waals surface area contributed by atoms with Gasteiger partial charge in [-0.2, -0.15) is 0 Å². The van der Waals surface area contributed by atoms with Crippen LogP contribution in [-0.2, 0) is 4.43 Å². The first-order valence-corrected chi connectivity index (χ1v) is 5.23. The molecule has 0 N–H and O–H groups in total. The van der Waals surface area contributed by atoms with Crippen LogP contribution in [0.4, 0.5) is 0 Å². The van der Waals surface area contributed by atoms with Crippen LogP contribution in [0.15, 0.2) is 43.0 Å². The molecular weight excluding hydrogens is 164 g/mol. The summed E-state index contributed by atoms with van der Waals surface area (Å²) in [5.41, 5.74) is 0. The number of allylic oxidation sites excluding steroid dienone is 1. The summed E-state index contributed by atoms with van der Waals surface area (Å²) >= 11 is 0. The minimum absolute atomic E-state index is 0.401. The van der Waals surface area contributed by atoms with Crippen molar-refractivity contribution >= 4 is 14.9 Å². The molecule has 1 rings (SSSR count). The zero-order chi connectivity index (χ0) is 9.23. The van der Waals surface area contributed by atoms with Crippen molar-refractivity contribution < 1.29 is 4.43 Å². The third kappa shape index (κ3) is 5.89. The molecule has 0 unspecified atom stereocenters. The summed E-state index contributed by atoms with van der Waals surface area (Å²) in [6.45, 7) is 5.25. The van der Waals surface area contributed by atoms with E-state index >= 15 is 0 Å². The number of hydrogen-bond acceptors (Lipinski definition) is 1. The highest BCUT2D eigenvalue weighted by Crippen LogP contribution is 1.80. The fourth-order valence-electron chi connectivity index (χ4n) is 0.741. The van der Waals surface area contributed by atoms with Crippen molar-refractivity contribution in [3.05, 3.63) is 43.0 Å². The van der Waals surface area contributed by atoms with E-state index in [0.717, 1.165) is 0 Å². The van der Waals surface area contributed by atoms with Gasteiger partial charge in [0.2, 0.25) is 0 Å². The predicted octanol–water partition coefficient (Wildman–Crippen LogP) is 1.23. The molecule has 0 fully saturated rings. The lowest BCUT2D eigenvalue weighted by Gasteiger charge is -1.94. The van der Waals surface area contributed by atoms with Crippen molar-refractivity contribution in [3.8, 4) is 0 Å². The normalized spacial score (nSPS) is 9.17. The molecule has 0 saturated heterocycles. The summed E-state index contributed by atoms with van der Waals surface area (Å²) in [6.07, 6.45) is 1.75. The van der Waals surface area contributed by atoms with E-state index in [1.54, 1.807) is 13.2 Å². The molecule has 0 spiro atoms. The van der Waals surface area contributed by atoms with Gasteiger partial charge in [0, 0.05) is 7.11 Å². The summed E-state index contributed by atoms with van der Waals surface area (Å²) in [5.74, 6) is 0. The smallest absolute Gasteiger partial charge is 0.191 e. The molecule has 0 aliphatic carbocycles. The Morgan fingerprint density at radius 3 is 2.25 bits per heavy atom. The minimum Gasteiger partial charge on any atom is -0.422 e. The molecule has 0 aromatic heterocycles. The predicted molar refractivity (Wildman–Crippen MR) is 57.5 cm³/mol. The van der Waals surface area contributed by atoms with E-state index in [0.29, 0.717) is 0 Å². The summed E-state index contributed by atoms with van der Waals surface area (Å²) in [5, 5.41) is 1.36. The van der Waals surface area contributed by atoms with Crippen molar-refractivity contribution in [2.45, 2.75) is 6.92 Å². The first kappa shape index (κ1) is 11.1. The lowest BCUT2D eigenvalue weighted by atomic mass is 10.4. The Labute approximate surface area is 77.0 Å². The molecule has 0 aliphatic heterocycles. The van der Waals surface area contributed by atoms with Crippen molar-refractivity contribution in [3.63, 3.8) is 0 Å². The highest BCUT2D eigenvalue weighted by atomic mass is 28.2. The van der Waals surface area contributed by atoms with Gasteiger partial charge in [0.25, 0.3) is 0 Å². The van der Waals surface area contributed by atoms with E-state index in [1.165, 1.54) is 5.19 Å². The van der Waals surface area contributed by atoms with E-state index < -0.39 is 9.76 Å². The Morgan fingerprint density at radius 1 is 1.33 bits per heavy atom. The van der Waals surface area contributed by atoms with Gasteiger partial charge >= 0.3 is 0 Å². The maximum Gasteiger partial charge on any atom is 0.191 e. The molecule has 2 heteroatoms. The largest absolute Gasteiger partial charge is 0.422 e. The Balaban J connectivity index is 0.000000354. The molecule has 1 aromatic rings. The third-order valence-corrected chi connectivity index (χ3v) is 2.25. The highest BCUT2D eigenvalue weighted by molar-refractivity contribution is 6.46. The van der Waals surface area contributed by atoms with Crippen LogP contribution in [0.5, 0.6) is 0 Å². The average Bonchev–Trinajstić information content (AvgIpc) is 2.08. The molecule has 66 valence electrons. The van der Waals surface area contributed by atoms with Crippen LogP contribution in [0.2, 0.25) is 0 Å². The molecule has 0 amide bonds. The first-order valence-electron chi connectivity index (χ1n) is 3.95. The highest BCUT2D eigenvalue weighted by Gasteiger charge is 1.86. The minimum atomic E-state index is -0.401. The number of benzene rings is 1. The second kappa shape index (κ2) is 8.24. The lowest BCUT2D eigenvalue weighted by Crippen LogP contribution is -2.14. The molecule has 0 bridgehead atoms. The van der Waals surface area contributed by atoms with Gasteiger partial charge in [-0.05, 0) is 12.1 Å². The third-order valence-electron chi connectivity index (χ3n) is 1.15. The molecule has 0 aliphatic rings. The first-order chi connectivity index (χ1) is 5.85. The van der Waals surface area contributed by atoms with Crippen LogP contribution in [0.3, 0.4) is 0 Å². The second-order valence-corrected chi connectivity index (χ2v) is 4.01. The Kier molecular flexibility index (Phi) is 7.64. The van der Waals surface area contributed by atoms with Gasteiger partial charge in [-0.1, -0.05) is 36.4 Å². The van der Waals surface area contributed by atoms with Crippen LogP contribution < -0.4 is 5.19 Å². The Bertz CT molecular complexity index is 196. The molecule has 0 atom stereocenters.